The van der Waals surface area contributed by atoms with Crippen LogP contribution < -0.4 is 0 Å². The summed E-state index contributed by atoms with van der Waals surface area (Å²) in [6.07, 6.45) is 1.68. The van der Waals surface area contributed by atoms with Crippen molar-refractivity contribution in [3.63, 3.8) is 0 Å². The van der Waals surface area contributed by atoms with Crippen LogP contribution in [0, 0.1) is 0 Å². The van der Waals surface area contributed by atoms with Gasteiger partial charge in [0, 0.05) is 0 Å². The van der Waals surface area contributed by atoms with Gasteiger partial charge in [0.15, 0.2) is 0 Å². The number of hydrogen-bond acceptors (Lipinski definition) is 1. The number of aldehydes is 1. The molecule has 0 saturated heterocycles. The topological polar surface area (TPSA) is 17.1 Å². The van der Waals surface area contributed by atoms with Crippen LogP contribution in [0.2, 0.25) is 0 Å². The number of carbonyl (C=O) groups excluding carboxylic acids is 1. The molecule has 0 spiro atoms. The van der Waals surface area contributed by atoms with Gasteiger partial charge < -0.3 is 4.79 Å². The largest absolute Gasteiger partial charge is 0.302 e. The predicted molar refractivity (Wildman–Crippen MR) is 48.9 cm³/mol. The van der Waals surface area contributed by atoms with E-state index in [0.717, 1.165) is 12.7 Å². The molecule has 11 heavy (non-hydrogen) atoms. The monoisotopic (exact) mass is 212 g/mol. The Labute approximate surface area is 74.6 Å². The molecule has 1 aromatic carbocycles. The third-order valence-corrected chi connectivity index (χ3v) is 1.96. The van der Waals surface area contributed by atoms with Gasteiger partial charge in [-0.2, -0.15) is 0 Å². The normalized spacial score (nSPS) is 12.5. The van der Waals surface area contributed by atoms with Gasteiger partial charge in [0.25, 0.3) is 0 Å². The number of halogens is 1. The summed E-state index contributed by atoms with van der Waals surface area (Å²) in [6, 6.07) is 9.93. The van der Waals surface area contributed by atoms with Crippen molar-refractivity contribution in [2.45, 2.75) is 11.2 Å². The highest BCUT2D eigenvalue weighted by Gasteiger charge is 2.01. The van der Waals surface area contributed by atoms with Crippen LogP contribution in [0.3, 0.4) is 0 Å². The zero-order chi connectivity index (χ0) is 8.10. The Kier molecular flexibility index (Phi) is 3.30. The Bertz CT molecular complexity index is 220. The second-order valence-corrected chi connectivity index (χ2v) is 3.52. The van der Waals surface area contributed by atoms with Crippen molar-refractivity contribution < 1.29 is 4.79 Å². The minimum atomic E-state index is -0.0510. The van der Waals surface area contributed by atoms with Crippen molar-refractivity contribution in [3.8, 4) is 0 Å². The molecule has 0 N–H and O–H groups in total. The summed E-state index contributed by atoms with van der Waals surface area (Å²) in [7, 11) is 0. The fourth-order valence-corrected chi connectivity index (χ4v) is 1.26. The summed E-state index contributed by atoms with van der Waals surface area (Å²) in [6.45, 7) is 0. The lowest BCUT2D eigenvalue weighted by atomic mass is 10.1. The molecule has 0 aliphatic carbocycles. The van der Waals surface area contributed by atoms with E-state index >= 15 is 0 Å². The summed E-state index contributed by atoms with van der Waals surface area (Å²) in [5.74, 6) is 0. The second kappa shape index (κ2) is 4.29. The molecule has 0 aliphatic rings. The Hall–Kier alpha value is -0.630. The lowest BCUT2D eigenvalue weighted by molar-refractivity contribution is -0.107. The highest BCUT2D eigenvalue weighted by atomic mass is 79.9. The molecular weight excluding hydrogens is 204 g/mol. The highest BCUT2D eigenvalue weighted by molar-refractivity contribution is 9.09. The molecule has 0 fully saturated rings. The minimum Gasteiger partial charge on any atom is -0.302 e. The molecule has 0 heterocycles. The first-order valence-corrected chi connectivity index (χ1v) is 4.38. The van der Waals surface area contributed by atoms with Gasteiger partial charge in [-0.05, 0) is 12.0 Å². The summed E-state index contributed by atoms with van der Waals surface area (Å²) >= 11 is 3.25. The molecule has 0 amide bonds. The molecule has 0 aromatic heterocycles. The molecule has 1 nitrogen and oxygen atoms in total. The van der Waals surface area contributed by atoms with E-state index in [1.807, 2.05) is 30.3 Å². The van der Waals surface area contributed by atoms with Crippen molar-refractivity contribution in [2.24, 2.45) is 0 Å². The number of benzene rings is 1. The maximum Gasteiger partial charge on any atom is 0.133 e. The summed E-state index contributed by atoms with van der Waals surface area (Å²) in [4.78, 5) is 10.2. The van der Waals surface area contributed by atoms with Gasteiger partial charge in [-0.15, -0.1) is 0 Å². The molecule has 0 radical (unpaired) electrons. The molecular formula is C9H9BrO. The van der Waals surface area contributed by atoms with Crippen LogP contribution in [0.4, 0.5) is 0 Å². The first kappa shape index (κ1) is 8.47. The summed E-state index contributed by atoms with van der Waals surface area (Å²) in [5.41, 5.74) is 1.18. The number of alkyl halides is 1. The van der Waals surface area contributed by atoms with E-state index in [1.165, 1.54) is 5.56 Å². The summed E-state index contributed by atoms with van der Waals surface area (Å²) in [5, 5.41) is 0. The van der Waals surface area contributed by atoms with Crippen LogP contribution in [0.1, 0.15) is 5.56 Å². The van der Waals surface area contributed by atoms with Gasteiger partial charge in [-0.3, -0.25) is 0 Å². The van der Waals surface area contributed by atoms with Gasteiger partial charge >= 0.3 is 0 Å². The lowest BCUT2D eigenvalue weighted by Gasteiger charge is -2.00. The van der Waals surface area contributed by atoms with Crippen molar-refractivity contribution >= 4 is 22.2 Å². The van der Waals surface area contributed by atoms with Crippen LogP contribution >= 0.6 is 15.9 Å². The fourth-order valence-electron chi connectivity index (χ4n) is 0.887. The van der Waals surface area contributed by atoms with Gasteiger partial charge in [0.05, 0.1) is 4.83 Å². The predicted octanol–water partition coefficient (Wildman–Crippen LogP) is 2.19. The first-order chi connectivity index (χ1) is 5.33. The Balaban J connectivity index is 2.57. The molecule has 58 valence electrons. The van der Waals surface area contributed by atoms with Crippen LogP contribution in [0.5, 0.6) is 0 Å². The molecule has 0 bridgehead atoms. The standard InChI is InChI=1S/C9H9BrO/c10-9(7-11)6-8-4-2-1-3-5-8/h1-5,7,9H,6H2. The number of carbonyl (C=O) groups is 1. The van der Waals surface area contributed by atoms with Gasteiger partial charge in [-0.1, -0.05) is 46.3 Å². The zero-order valence-electron chi connectivity index (χ0n) is 6.03. The molecule has 1 rings (SSSR count). The van der Waals surface area contributed by atoms with E-state index in [2.05, 4.69) is 15.9 Å². The molecule has 2 heteroatoms. The van der Waals surface area contributed by atoms with E-state index in [-0.39, 0.29) is 4.83 Å². The molecule has 1 atom stereocenters. The van der Waals surface area contributed by atoms with Gasteiger partial charge in [0.1, 0.15) is 6.29 Å². The van der Waals surface area contributed by atoms with Crippen LogP contribution in [0.15, 0.2) is 30.3 Å². The smallest absolute Gasteiger partial charge is 0.133 e. The van der Waals surface area contributed by atoms with E-state index < -0.39 is 0 Å². The lowest BCUT2D eigenvalue weighted by Crippen LogP contribution is -2.02. The number of rotatable bonds is 3. The third kappa shape index (κ3) is 2.85. The van der Waals surface area contributed by atoms with Gasteiger partial charge in [-0.25, -0.2) is 0 Å². The molecule has 1 aromatic rings. The SMILES string of the molecule is O=CC(Br)Cc1ccccc1. The van der Waals surface area contributed by atoms with E-state index in [1.54, 1.807) is 0 Å². The van der Waals surface area contributed by atoms with E-state index in [4.69, 9.17) is 0 Å². The summed E-state index contributed by atoms with van der Waals surface area (Å²) < 4.78 is 0. The van der Waals surface area contributed by atoms with E-state index in [9.17, 15) is 4.79 Å². The van der Waals surface area contributed by atoms with Gasteiger partial charge in [0.2, 0.25) is 0 Å². The zero-order valence-corrected chi connectivity index (χ0v) is 7.62. The maximum absolute atomic E-state index is 10.3. The second-order valence-electron chi connectivity index (χ2n) is 2.34. The average molecular weight is 213 g/mol. The first-order valence-electron chi connectivity index (χ1n) is 3.46. The Morgan fingerprint density at radius 1 is 1.36 bits per heavy atom. The molecule has 1 unspecified atom stereocenters. The average Bonchev–Trinajstić information content (AvgIpc) is 2.06. The molecule has 0 saturated carbocycles. The maximum atomic E-state index is 10.3. The van der Waals surface area contributed by atoms with Crippen LogP contribution in [-0.4, -0.2) is 11.1 Å². The van der Waals surface area contributed by atoms with E-state index in [0.29, 0.717) is 0 Å². The van der Waals surface area contributed by atoms with Crippen molar-refractivity contribution in [1.29, 1.82) is 0 Å². The fraction of sp³-hybridized carbons (Fsp3) is 0.222. The highest BCUT2D eigenvalue weighted by Crippen LogP contribution is 2.06. The number of hydrogen-bond donors (Lipinski definition) is 0. The minimum absolute atomic E-state index is 0.0510. The Morgan fingerprint density at radius 2 is 2.00 bits per heavy atom. The van der Waals surface area contributed by atoms with Crippen molar-refractivity contribution in [3.05, 3.63) is 35.9 Å². The quantitative estimate of drug-likeness (QED) is 0.555. The Morgan fingerprint density at radius 3 is 2.55 bits per heavy atom. The van der Waals surface area contributed by atoms with Crippen LogP contribution in [0.25, 0.3) is 0 Å². The van der Waals surface area contributed by atoms with Crippen LogP contribution in [-0.2, 0) is 11.2 Å². The molecule has 0 aliphatic heterocycles. The third-order valence-electron chi connectivity index (χ3n) is 1.42. The van der Waals surface area contributed by atoms with Crippen molar-refractivity contribution in [2.75, 3.05) is 0 Å². The van der Waals surface area contributed by atoms with Crippen molar-refractivity contribution in [1.82, 2.24) is 0 Å².